The van der Waals surface area contributed by atoms with Gasteiger partial charge >= 0.3 is 0 Å². The molecule has 1 aliphatic heterocycles. The van der Waals surface area contributed by atoms with Crippen molar-refractivity contribution in [2.24, 2.45) is 0 Å². The second-order valence-electron chi connectivity index (χ2n) is 9.77. The number of carbonyl (C=O) groups is 2. The third-order valence-electron chi connectivity index (χ3n) is 6.72. The SMILES string of the molecule is COc1ccc(-c2ccc(N3CCN(C(=O)CN(CCN(C)C)C(=O)c4ccc(C)cc4)CC3)nn2)cc1. The fourth-order valence-corrected chi connectivity index (χ4v) is 4.31. The van der Waals surface area contributed by atoms with Crippen molar-refractivity contribution in [3.63, 3.8) is 0 Å². The van der Waals surface area contributed by atoms with Crippen molar-refractivity contribution in [1.82, 2.24) is 24.9 Å². The van der Waals surface area contributed by atoms with E-state index in [1.54, 1.807) is 12.0 Å². The Morgan fingerprint density at radius 2 is 1.55 bits per heavy atom. The van der Waals surface area contributed by atoms with E-state index in [4.69, 9.17) is 4.74 Å². The Kier molecular flexibility index (Phi) is 8.91. The van der Waals surface area contributed by atoms with Gasteiger partial charge in [-0.2, -0.15) is 0 Å². The Balaban J connectivity index is 1.34. The molecular formula is C29H36N6O3. The van der Waals surface area contributed by atoms with Crippen LogP contribution in [0.3, 0.4) is 0 Å². The van der Waals surface area contributed by atoms with Crippen molar-refractivity contribution in [2.75, 3.05) is 71.9 Å². The number of likely N-dealkylation sites (N-methyl/N-ethyl adjacent to an activating group) is 1. The lowest BCUT2D eigenvalue weighted by Gasteiger charge is -2.36. The summed E-state index contributed by atoms with van der Waals surface area (Å²) >= 11 is 0. The number of ether oxygens (including phenoxy) is 1. The van der Waals surface area contributed by atoms with E-state index in [2.05, 4.69) is 15.1 Å². The Morgan fingerprint density at radius 1 is 0.868 bits per heavy atom. The molecule has 2 aromatic carbocycles. The zero-order valence-corrected chi connectivity index (χ0v) is 22.6. The van der Waals surface area contributed by atoms with E-state index in [0.29, 0.717) is 44.8 Å². The van der Waals surface area contributed by atoms with E-state index < -0.39 is 0 Å². The molecule has 4 rings (SSSR count). The maximum Gasteiger partial charge on any atom is 0.254 e. The van der Waals surface area contributed by atoms with Crippen LogP contribution in [0.4, 0.5) is 5.82 Å². The van der Waals surface area contributed by atoms with Crippen LogP contribution in [-0.4, -0.2) is 104 Å². The number of methoxy groups -OCH3 is 1. The number of anilines is 1. The van der Waals surface area contributed by atoms with Crippen molar-refractivity contribution in [1.29, 1.82) is 0 Å². The van der Waals surface area contributed by atoms with Crippen LogP contribution in [0.2, 0.25) is 0 Å². The van der Waals surface area contributed by atoms with E-state index in [-0.39, 0.29) is 18.4 Å². The number of hydrogen-bond acceptors (Lipinski definition) is 7. The highest BCUT2D eigenvalue weighted by atomic mass is 16.5. The molecule has 1 saturated heterocycles. The van der Waals surface area contributed by atoms with Crippen LogP contribution >= 0.6 is 0 Å². The maximum absolute atomic E-state index is 13.2. The van der Waals surface area contributed by atoms with Crippen LogP contribution in [0, 0.1) is 6.92 Å². The average molecular weight is 517 g/mol. The zero-order chi connectivity index (χ0) is 27.1. The monoisotopic (exact) mass is 516 g/mol. The summed E-state index contributed by atoms with van der Waals surface area (Å²) in [6.45, 7) is 5.68. The molecule has 1 aromatic heterocycles. The van der Waals surface area contributed by atoms with E-state index in [1.807, 2.05) is 91.5 Å². The fourth-order valence-electron chi connectivity index (χ4n) is 4.31. The second kappa shape index (κ2) is 12.5. The Hall–Kier alpha value is -3.98. The molecule has 200 valence electrons. The minimum Gasteiger partial charge on any atom is -0.497 e. The normalized spacial score (nSPS) is 13.5. The summed E-state index contributed by atoms with van der Waals surface area (Å²) in [7, 11) is 5.56. The highest BCUT2D eigenvalue weighted by Gasteiger charge is 2.26. The maximum atomic E-state index is 13.2. The van der Waals surface area contributed by atoms with Gasteiger partial charge in [0.05, 0.1) is 12.8 Å². The molecule has 9 heteroatoms. The lowest BCUT2D eigenvalue weighted by atomic mass is 10.1. The Morgan fingerprint density at radius 3 is 2.13 bits per heavy atom. The third-order valence-corrected chi connectivity index (χ3v) is 6.72. The molecule has 2 heterocycles. The number of rotatable bonds is 9. The fraction of sp³-hybridized carbons (Fsp3) is 0.379. The quantitative estimate of drug-likeness (QED) is 0.433. The lowest BCUT2D eigenvalue weighted by molar-refractivity contribution is -0.132. The van der Waals surface area contributed by atoms with Crippen LogP contribution < -0.4 is 9.64 Å². The molecule has 0 bridgehead atoms. The number of aromatic nitrogens is 2. The molecule has 3 aromatic rings. The van der Waals surface area contributed by atoms with Crippen molar-refractivity contribution >= 4 is 17.6 Å². The van der Waals surface area contributed by atoms with Crippen LogP contribution in [0.15, 0.2) is 60.7 Å². The number of amides is 2. The summed E-state index contributed by atoms with van der Waals surface area (Å²) in [5.41, 5.74) is 3.46. The third kappa shape index (κ3) is 6.86. The van der Waals surface area contributed by atoms with Crippen LogP contribution in [0.1, 0.15) is 15.9 Å². The topological polar surface area (TPSA) is 82.1 Å². The molecule has 38 heavy (non-hydrogen) atoms. The van der Waals surface area contributed by atoms with Gasteiger partial charge in [-0.15, -0.1) is 10.2 Å². The Bertz CT molecular complexity index is 1200. The number of piperazine rings is 1. The molecule has 0 spiro atoms. The van der Waals surface area contributed by atoms with Crippen molar-refractivity contribution in [2.45, 2.75) is 6.92 Å². The highest BCUT2D eigenvalue weighted by molar-refractivity contribution is 5.96. The molecule has 9 nitrogen and oxygen atoms in total. The minimum atomic E-state index is -0.119. The molecule has 0 atom stereocenters. The van der Waals surface area contributed by atoms with E-state index in [1.165, 1.54) is 0 Å². The van der Waals surface area contributed by atoms with Gasteiger partial charge in [0.25, 0.3) is 5.91 Å². The number of hydrogen-bond donors (Lipinski definition) is 0. The van der Waals surface area contributed by atoms with Gasteiger partial charge in [0.2, 0.25) is 5.91 Å². The number of aryl methyl sites for hydroxylation is 1. The van der Waals surface area contributed by atoms with Gasteiger partial charge in [-0.25, -0.2) is 0 Å². The van der Waals surface area contributed by atoms with Gasteiger partial charge in [-0.1, -0.05) is 17.7 Å². The van der Waals surface area contributed by atoms with Crippen molar-refractivity contribution in [3.05, 3.63) is 71.8 Å². The molecule has 2 amide bonds. The first-order valence-corrected chi connectivity index (χ1v) is 12.9. The van der Waals surface area contributed by atoms with Gasteiger partial charge in [0.15, 0.2) is 5.82 Å². The standard InChI is InChI=1S/C29H36N6O3/c1-22-5-7-24(8-6-22)29(37)35(16-15-32(2)3)21-28(36)34-19-17-33(18-20-34)27-14-13-26(30-31-27)23-9-11-25(38-4)12-10-23/h5-14H,15-21H2,1-4H3. The van der Waals surface area contributed by atoms with Crippen LogP contribution in [-0.2, 0) is 4.79 Å². The number of benzene rings is 2. The molecule has 1 fully saturated rings. The van der Waals surface area contributed by atoms with Crippen LogP contribution in [0.5, 0.6) is 5.75 Å². The predicted molar refractivity (Wildman–Crippen MR) is 148 cm³/mol. The summed E-state index contributed by atoms with van der Waals surface area (Å²) in [6.07, 6.45) is 0. The van der Waals surface area contributed by atoms with E-state index in [9.17, 15) is 9.59 Å². The molecule has 0 saturated carbocycles. The highest BCUT2D eigenvalue weighted by Crippen LogP contribution is 2.22. The first-order chi connectivity index (χ1) is 18.3. The molecular weight excluding hydrogens is 480 g/mol. The summed E-state index contributed by atoms with van der Waals surface area (Å²) in [4.78, 5) is 34.0. The summed E-state index contributed by atoms with van der Waals surface area (Å²) in [6, 6.07) is 19.1. The van der Waals surface area contributed by atoms with Gasteiger partial charge in [-0.3, -0.25) is 9.59 Å². The van der Waals surface area contributed by atoms with E-state index >= 15 is 0 Å². The van der Waals surface area contributed by atoms with Crippen LogP contribution in [0.25, 0.3) is 11.3 Å². The predicted octanol–water partition coefficient (Wildman–Crippen LogP) is 2.81. The molecule has 0 aliphatic carbocycles. The lowest BCUT2D eigenvalue weighted by Crippen LogP contribution is -2.52. The zero-order valence-electron chi connectivity index (χ0n) is 22.6. The Labute approximate surface area is 224 Å². The van der Waals surface area contributed by atoms with Crippen molar-refractivity contribution < 1.29 is 14.3 Å². The number of carbonyl (C=O) groups excluding carboxylic acids is 2. The van der Waals surface area contributed by atoms with E-state index in [0.717, 1.165) is 28.4 Å². The van der Waals surface area contributed by atoms with Gasteiger partial charge < -0.3 is 24.3 Å². The van der Waals surface area contributed by atoms with Gasteiger partial charge in [0.1, 0.15) is 12.3 Å². The molecule has 1 aliphatic rings. The first-order valence-electron chi connectivity index (χ1n) is 12.9. The molecule has 0 radical (unpaired) electrons. The largest absolute Gasteiger partial charge is 0.497 e. The first kappa shape index (κ1) is 27.1. The van der Waals surface area contributed by atoms with Gasteiger partial charge in [-0.05, 0) is 69.6 Å². The second-order valence-corrected chi connectivity index (χ2v) is 9.77. The molecule has 0 N–H and O–H groups in total. The average Bonchev–Trinajstić information content (AvgIpc) is 2.95. The summed E-state index contributed by atoms with van der Waals surface area (Å²) in [5.74, 6) is 1.43. The summed E-state index contributed by atoms with van der Waals surface area (Å²) in [5, 5.41) is 8.83. The summed E-state index contributed by atoms with van der Waals surface area (Å²) < 4.78 is 5.22. The minimum absolute atomic E-state index is 0.0372. The van der Waals surface area contributed by atoms with Crippen molar-refractivity contribution in [3.8, 4) is 17.0 Å². The molecule has 0 unspecified atom stereocenters. The number of nitrogens with zero attached hydrogens (tertiary/aromatic N) is 6. The van der Waals surface area contributed by atoms with Gasteiger partial charge in [0, 0.05) is 50.4 Å². The smallest absolute Gasteiger partial charge is 0.254 e.